The van der Waals surface area contributed by atoms with Gasteiger partial charge in [0.05, 0.1) is 16.0 Å². The summed E-state index contributed by atoms with van der Waals surface area (Å²) in [6, 6.07) is 13.2. The van der Waals surface area contributed by atoms with Gasteiger partial charge in [-0.25, -0.2) is 4.39 Å². The molecule has 0 aliphatic rings. The first kappa shape index (κ1) is 20.1. The third-order valence-corrected chi connectivity index (χ3v) is 4.58. The molecule has 0 spiro atoms. The predicted octanol–water partition coefficient (Wildman–Crippen LogP) is 4.79. The van der Waals surface area contributed by atoms with Gasteiger partial charge in [-0.1, -0.05) is 41.9 Å². The summed E-state index contributed by atoms with van der Waals surface area (Å²) in [7, 11) is 0. The molecule has 0 aliphatic carbocycles. The van der Waals surface area contributed by atoms with Crippen LogP contribution in [0.3, 0.4) is 0 Å². The molecule has 0 fully saturated rings. The van der Waals surface area contributed by atoms with Crippen LogP contribution in [0.5, 0.6) is 11.8 Å². The highest BCUT2D eigenvalue weighted by Crippen LogP contribution is 2.36. The zero-order valence-corrected chi connectivity index (χ0v) is 17.0. The van der Waals surface area contributed by atoms with Gasteiger partial charge < -0.3 is 15.2 Å². The Morgan fingerprint density at radius 1 is 1.13 bits per heavy atom. The fraction of sp³-hybridized carbons (Fsp3) is 0.190. The van der Waals surface area contributed by atoms with Gasteiger partial charge in [0, 0.05) is 12.1 Å². The lowest BCUT2D eigenvalue weighted by molar-refractivity contribution is 0.0944. The van der Waals surface area contributed by atoms with Crippen LogP contribution in [0.25, 0.3) is 22.3 Å². The summed E-state index contributed by atoms with van der Waals surface area (Å²) in [5.74, 6) is -0.165. The number of aromatic amines is 1. The van der Waals surface area contributed by atoms with Crippen molar-refractivity contribution < 1.29 is 14.2 Å². The molecule has 0 aliphatic heterocycles. The molecule has 7 nitrogen and oxygen atoms in total. The van der Waals surface area contributed by atoms with E-state index in [4.69, 9.17) is 16.3 Å². The van der Waals surface area contributed by atoms with Crippen molar-refractivity contribution in [2.75, 3.05) is 11.9 Å². The van der Waals surface area contributed by atoms with E-state index in [1.165, 1.54) is 12.1 Å². The van der Waals surface area contributed by atoms with Crippen molar-refractivity contribution in [3.63, 3.8) is 0 Å². The van der Waals surface area contributed by atoms with E-state index in [0.717, 1.165) is 0 Å². The highest BCUT2D eigenvalue weighted by Gasteiger charge is 2.21. The van der Waals surface area contributed by atoms with E-state index >= 15 is 0 Å². The van der Waals surface area contributed by atoms with Gasteiger partial charge in [-0.2, -0.15) is 15.1 Å². The molecular formula is C21H19ClFN5O2. The third kappa shape index (κ3) is 4.19. The monoisotopic (exact) mass is 427 g/mol. The SMILES string of the molecule is CC(C)(O)CNc1nc(Oc2ccccc2F)nc2[nH]nc(-c3ccccc3Cl)c12. The number of fused-ring (bicyclic) bond motifs is 1. The molecule has 4 rings (SSSR count). The maximum Gasteiger partial charge on any atom is 0.326 e. The molecule has 0 bridgehead atoms. The quantitative estimate of drug-likeness (QED) is 0.409. The van der Waals surface area contributed by atoms with E-state index < -0.39 is 11.4 Å². The Morgan fingerprint density at radius 2 is 1.87 bits per heavy atom. The topological polar surface area (TPSA) is 96.0 Å². The van der Waals surface area contributed by atoms with Gasteiger partial charge in [0.15, 0.2) is 17.2 Å². The Bertz CT molecular complexity index is 1210. The van der Waals surface area contributed by atoms with Crippen LogP contribution in [0.4, 0.5) is 10.2 Å². The number of nitrogens with zero attached hydrogens (tertiary/aromatic N) is 3. The number of ether oxygens (including phenoxy) is 1. The minimum atomic E-state index is -1.00. The predicted molar refractivity (Wildman–Crippen MR) is 113 cm³/mol. The zero-order chi connectivity index (χ0) is 21.3. The van der Waals surface area contributed by atoms with Crippen LogP contribution in [0.1, 0.15) is 13.8 Å². The van der Waals surface area contributed by atoms with Crippen molar-refractivity contribution in [3.05, 3.63) is 59.4 Å². The lowest BCUT2D eigenvalue weighted by Crippen LogP contribution is -2.29. The fourth-order valence-corrected chi connectivity index (χ4v) is 3.08. The van der Waals surface area contributed by atoms with Crippen LogP contribution in [-0.4, -0.2) is 37.4 Å². The summed E-state index contributed by atoms with van der Waals surface area (Å²) in [4.78, 5) is 8.73. The highest BCUT2D eigenvalue weighted by molar-refractivity contribution is 6.33. The van der Waals surface area contributed by atoms with Gasteiger partial charge in [-0.15, -0.1) is 0 Å². The van der Waals surface area contributed by atoms with Gasteiger partial charge in [0.1, 0.15) is 11.5 Å². The molecule has 0 amide bonds. The molecule has 0 atom stereocenters. The minimum absolute atomic E-state index is 0.00358. The van der Waals surface area contributed by atoms with Crippen molar-refractivity contribution in [1.29, 1.82) is 0 Å². The molecule has 154 valence electrons. The Hall–Kier alpha value is -3.23. The van der Waals surface area contributed by atoms with Crippen molar-refractivity contribution in [2.45, 2.75) is 19.4 Å². The molecule has 4 aromatic rings. The Morgan fingerprint density at radius 3 is 2.60 bits per heavy atom. The molecule has 3 N–H and O–H groups in total. The maximum atomic E-state index is 14.0. The van der Waals surface area contributed by atoms with Crippen molar-refractivity contribution >= 4 is 28.5 Å². The number of hydrogen-bond acceptors (Lipinski definition) is 6. The van der Waals surface area contributed by atoms with E-state index in [-0.39, 0.29) is 18.3 Å². The van der Waals surface area contributed by atoms with Crippen LogP contribution >= 0.6 is 11.6 Å². The van der Waals surface area contributed by atoms with Crippen LogP contribution in [-0.2, 0) is 0 Å². The third-order valence-electron chi connectivity index (χ3n) is 4.25. The zero-order valence-electron chi connectivity index (χ0n) is 16.3. The first-order valence-corrected chi connectivity index (χ1v) is 9.59. The summed E-state index contributed by atoms with van der Waals surface area (Å²) in [6.45, 7) is 3.53. The number of aromatic nitrogens is 4. The summed E-state index contributed by atoms with van der Waals surface area (Å²) in [5.41, 5.74) is 0.622. The number of halogens is 2. The average Bonchev–Trinajstić information content (AvgIpc) is 3.11. The standard InChI is InChI=1S/C21H19ClFN5O2/c1-21(2,29)11-24-18-16-17(12-7-3-4-8-13(12)22)27-28-19(16)26-20(25-18)30-15-10-6-5-9-14(15)23/h3-10,29H,11H2,1-2H3,(H2,24,25,26,27,28). The second-order valence-electron chi connectivity index (χ2n) is 7.33. The number of nitrogens with one attached hydrogen (secondary N) is 2. The Kier molecular flexibility index (Phi) is 5.27. The minimum Gasteiger partial charge on any atom is -0.421 e. The van der Waals surface area contributed by atoms with E-state index in [1.54, 1.807) is 32.0 Å². The summed E-state index contributed by atoms with van der Waals surface area (Å²) < 4.78 is 19.6. The Labute approximate surface area is 176 Å². The molecule has 0 saturated heterocycles. The van der Waals surface area contributed by atoms with E-state index in [9.17, 15) is 9.50 Å². The smallest absolute Gasteiger partial charge is 0.326 e. The molecule has 0 saturated carbocycles. The second kappa shape index (κ2) is 7.89. The average molecular weight is 428 g/mol. The number of aliphatic hydroxyl groups is 1. The van der Waals surface area contributed by atoms with Crippen molar-refractivity contribution in [3.8, 4) is 23.0 Å². The Balaban J connectivity index is 1.83. The summed E-state index contributed by atoms with van der Waals surface area (Å²) >= 11 is 6.35. The van der Waals surface area contributed by atoms with Crippen LogP contribution in [0, 0.1) is 5.82 Å². The highest BCUT2D eigenvalue weighted by atomic mass is 35.5. The first-order valence-electron chi connectivity index (χ1n) is 9.21. The van der Waals surface area contributed by atoms with Gasteiger partial charge >= 0.3 is 6.01 Å². The lowest BCUT2D eigenvalue weighted by atomic mass is 10.1. The number of benzene rings is 2. The first-order chi connectivity index (χ1) is 14.3. The molecule has 0 radical (unpaired) electrons. The summed E-state index contributed by atoms with van der Waals surface area (Å²) in [5, 5.41) is 21.6. The number of H-pyrrole nitrogens is 1. The number of rotatable bonds is 6. The maximum absolute atomic E-state index is 14.0. The molecule has 2 aromatic heterocycles. The number of hydrogen-bond donors (Lipinski definition) is 3. The normalized spacial score (nSPS) is 11.6. The van der Waals surface area contributed by atoms with E-state index in [0.29, 0.717) is 33.1 Å². The van der Waals surface area contributed by atoms with Crippen LogP contribution < -0.4 is 10.1 Å². The van der Waals surface area contributed by atoms with Gasteiger partial charge in [-0.3, -0.25) is 5.10 Å². The van der Waals surface area contributed by atoms with E-state index in [2.05, 4.69) is 25.5 Å². The van der Waals surface area contributed by atoms with Crippen LogP contribution in [0.15, 0.2) is 48.5 Å². The van der Waals surface area contributed by atoms with Gasteiger partial charge in [-0.05, 0) is 32.0 Å². The lowest BCUT2D eigenvalue weighted by Gasteiger charge is -2.19. The fourth-order valence-electron chi connectivity index (χ4n) is 2.86. The van der Waals surface area contributed by atoms with Gasteiger partial charge in [0.25, 0.3) is 0 Å². The largest absolute Gasteiger partial charge is 0.421 e. The molecule has 2 heterocycles. The van der Waals surface area contributed by atoms with Crippen molar-refractivity contribution in [2.24, 2.45) is 0 Å². The van der Waals surface area contributed by atoms with Crippen LogP contribution in [0.2, 0.25) is 5.02 Å². The molecule has 0 unspecified atom stereocenters. The molecular weight excluding hydrogens is 409 g/mol. The second-order valence-corrected chi connectivity index (χ2v) is 7.74. The number of para-hydroxylation sites is 1. The molecule has 30 heavy (non-hydrogen) atoms. The molecule has 9 heteroatoms. The van der Waals surface area contributed by atoms with E-state index in [1.807, 2.05) is 18.2 Å². The molecule has 2 aromatic carbocycles. The summed E-state index contributed by atoms with van der Waals surface area (Å²) in [6.07, 6.45) is 0. The van der Waals surface area contributed by atoms with Crippen molar-refractivity contribution in [1.82, 2.24) is 20.2 Å². The number of anilines is 1. The van der Waals surface area contributed by atoms with Gasteiger partial charge in [0.2, 0.25) is 0 Å².